The molecule has 17 heavy (non-hydrogen) atoms. The Morgan fingerprint density at radius 1 is 1.24 bits per heavy atom. The van der Waals surface area contributed by atoms with Gasteiger partial charge in [-0.3, -0.25) is 4.90 Å². The first-order valence-electron chi connectivity index (χ1n) is 6.14. The van der Waals surface area contributed by atoms with Crippen LogP contribution < -0.4 is 0 Å². The molecule has 5 heteroatoms. The fourth-order valence-electron chi connectivity index (χ4n) is 2.43. The highest BCUT2D eigenvalue weighted by Crippen LogP contribution is 2.29. The molecule has 0 unspecified atom stereocenters. The summed E-state index contributed by atoms with van der Waals surface area (Å²) in [5, 5.41) is 0. The van der Waals surface area contributed by atoms with Crippen LogP contribution in [0.3, 0.4) is 0 Å². The zero-order chi connectivity index (χ0) is 13.2. The first kappa shape index (κ1) is 14.8. The van der Waals surface area contributed by atoms with Crippen molar-refractivity contribution in [1.82, 2.24) is 4.90 Å². The van der Waals surface area contributed by atoms with Crippen molar-refractivity contribution in [2.45, 2.75) is 58.5 Å². The van der Waals surface area contributed by atoms with E-state index in [1.54, 1.807) is 0 Å². The van der Waals surface area contributed by atoms with Gasteiger partial charge in [0.1, 0.15) is 6.61 Å². The van der Waals surface area contributed by atoms with Gasteiger partial charge in [0.2, 0.25) is 0 Å². The molecule has 0 aromatic carbocycles. The van der Waals surface area contributed by atoms with Crippen LogP contribution in [-0.2, 0) is 4.74 Å². The summed E-state index contributed by atoms with van der Waals surface area (Å²) in [7, 11) is 0. The predicted molar refractivity (Wildman–Crippen MR) is 60.9 cm³/mol. The van der Waals surface area contributed by atoms with Crippen LogP contribution in [0, 0.1) is 5.92 Å². The maximum atomic E-state index is 12.1. The van der Waals surface area contributed by atoms with Crippen molar-refractivity contribution in [1.29, 1.82) is 0 Å². The summed E-state index contributed by atoms with van der Waals surface area (Å²) in [5.74, 6) is 0.442. The molecule has 0 radical (unpaired) electrons. The normalized spacial score (nSPS) is 27.4. The summed E-state index contributed by atoms with van der Waals surface area (Å²) in [5.41, 5.74) is 0. The van der Waals surface area contributed by atoms with E-state index < -0.39 is 12.8 Å². The van der Waals surface area contributed by atoms with Crippen LogP contribution >= 0.6 is 0 Å². The van der Waals surface area contributed by atoms with Crippen molar-refractivity contribution in [2.75, 3.05) is 13.2 Å². The SMILES string of the molecule is CC(C)[C@@H]1C[C@H](OCC(F)(F)F)CN1C(C)C. The molecule has 0 aromatic rings. The summed E-state index contributed by atoms with van der Waals surface area (Å²) in [6.45, 7) is 7.83. The number of nitrogens with zero attached hydrogens (tertiary/aromatic N) is 1. The molecule has 1 fully saturated rings. The van der Waals surface area contributed by atoms with Crippen LogP contribution in [0.1, 0.15) is 34.1 Å². The van der Waals surface area contributed by atoms with Crippen molar-refractivity contribution < 1.29 is 17.9 Å². The van der Waals surface area contributed by atoms with Crippen molar-refractivity contribution in [3.05, 3.63) is 0 Å². The largest absolute Gasteiger partial charge is 0.411 e. The average Bonchev–Trinajstić information content (AvgIpc) is 2.57. The highest BCUT2D eigenvalue weighted by molar-refractivity contribution is 4.89. The van der Waals surface area contributed by atoms with E-state index in [1.807, 2.05) is 0 Å². The monoisotopic (exact) mass is 253 g/mol. The molecule has 1 rings (SSSR count). The Labute approximate surface area is 101 Å². The summed E-state index contributed by atoms with van der Waals surface area (Å²) in [4.78, 5) is 2.24. The Kier molecular flexibility index (Phi) is 4.84. The van der Waals surface area contributed by atoms with Gasteiger partial charge >= 0.3 is 6.18 Å². The number of hydrogen-bond acceptors (Lipinski definition) is 2. The standard InChI is InChI=1S/C12H22F3NO/c1-8(2)11-5-10(6-16(11)9(3)4)17-7-12(13,14)15/h8-11H,5-7H2,1-4H3/t10-,11-/m0/s1. The number of likely N-dealkylation sites (tertiary alicyclic amines) is 1. The van der Waals surface area contributed by atoms with E-state index in [9.17, 15) is 13.2 Å². The average molecular weight is 253 g/mol. The predicted octanol–water partition coefficient (Wildman–Crippen LogP) is 3.07. The van der Waals surface area contributed by atoms with Crippen molar-refractivity contribution in [3.63, 3.8) is 0 Å². The van der Waals surface area contributed by atoms with Gasteiger partial charge in [-0.05, 0) is 26.2 Å². The molecule has 0 amide bonds. The smallest absolute Gasteiger partial charge is 0.367 e. The molecule has 0 N–H and O–H groups in total. The number of rotatable bonds is 4. The van der Waals surface area contributed by atoms with E-state index >= 15 is 0 Å². The Morgan fingerprint density at radius 3 is 2.18 bits per heavy atom. The molecule has 1 aliphatic heterocycles. The van der Waals surface area contributed by atoms with Crippen LogP contribution in [0.5, 0.6) is 0 Å². The maximum absolute atomic E-state index is 12.1. The minimum absolute atomic E-state index is 0.286. The van der Waals surface area contributed by atoms with Crippen molar-refractivity contribution in [3.8, 4) is 0 Å². The highest BCUT2D eigenvalue weighted by atomic mass is 19.4. The van der Waals surface area contributed by atoms with E-state index in [1.165, 1.54) is 0 Å². The van der Waals surface area contributed by atoms with Crippen molar-refractivity contribution in [2.24, 2.45) is 5.92 Å². The third-order valence-electron chi connectivity index (χ3n) is 3.26. The summed E-state index contributed by atoms with van der Waals surface area (Å²) >= 11 is 0. The number of alkyl halides is 3. The zero-order valence-electron chi connectivity index (χ0n) is 10.9. The molecule has 1 heterocycles. The van der Waals surface area contributed by atoms with Crippen LogP contribution in [0.4, 0.5) is 13.2 Å². The quantitative estimate of drug-likeness (QED) is 0.763. The number of hydrogen-bond donors (Lipinski definition) is 0. The molecule has 0 bridgehead atoms. The highest BCUT2D eigenvalue weighted by Gasteiger charge is 2.38. The minimum Gasteiger partial charge on any atom is -0.367 e. The second-order valence-corrected chi connectivity index (χ2v) is 5.39. The molecule has 0 aliphatic carbocycles. The van der Waals surface area contributed by atoms with Gasteiger partial charge in [-0.25, -0.2) is 0 Å². The summed E-state index contributed by atoms with van der Waals surface area (Å²) in [6.07, 6.45) is -3.81. The lowest BCUT2D eigenvalue weighted by atomic mass is 10.0. The van der Waals surface area contributed by atoms with Crippen LogP contribution in [0.2, 0.25) is 0 Å². The first-order valence-corrected chi connectivity index (χ1v) is 6.14. The molecular weight excluding hydrogens is 231 g/mol. The van der Waals surface area contributed by atoms with Gasteiger partial charge in [0, 0.05) is 18.6 Å². The number of halogens is 3. The van der Waals surface area contributed by atoms with Crippen molar-refractivity contribution >= 4 is 0 Å². The summed E-state index contributed by atoms with van der Waals surface area (Å²) < 4.78 is 41.2. The zero-order valence-corrected chi connectivity index (χ0v) is 10.9. The van der Waals surface area contributed by atoms with Gasteiger partial charge < -0.3 is 4.74 Å². The van der Waals surface area contributed by atoms with Gasteiger partial charge in [-0.15, -0.1) is 0 Å². The molecule has 1 aliphatic rings. The lowest BCUT2D eigenvalue weighted by molar-refractivity contribution is -0.184. The third kappa shape index (κ3) is 4.47. The van der Waals surface area contributed by atoms with E-state index in [0.29, 0.717) is 31.0 Å². The van der Waals surface area contributed by atoms with Gasteiger partial charge in [0.05, 0.1) is 6.10 Å². The maximum Gasteiger partial charge on any atom is 0.411 e. The lowest BCUT2D eigenvalue weighted by Gasteiger charge is -2.30. The Morgan fingerprint density at radius 2 is 1.82 bits per heavy atom. The molecule has 0 aromatic heterocycles. The third-order valence-corrected chi connectivity index (χ3v) is 3.26. The summed E-state index contributed by atoms with van der Waals surface area (Å²) in [6, 6.07) is 0.676. The molecule has 0 spiro atoms. The minimum atomic E-state index is -4.22. The van der Waals surface area contributed by atoms with Gasteiger partial charge in [-0.1, -0.05) is 13.8 Å². The van der Waals surface area contributed by atoms with Crippen LogP contribution in [-0.4, -0.2) is 42.4 Å². The van der Waals surface area contributed by atoms with E-state index in [-0.39, 0.29) is 6.10 Å². The van der Waals surface area contributed by atoms with E-state index in [2.05, 4.69) is 32.6 Å². The van der Waals surface area contributed by atoms with Crippen LogP contribution in [0.15, 0.2) is 0 Å². The van der Waals surface area contributed by atoms with Gasteiger partial charge in [0.15, 0.2) is 0 Å². The first-order chi connectivity index (χ1) is 7.70. The van der Waals surface area contributed by atoms with Gasteiger partial charge in [0.25, 0.3) is 0 Å². The lowest BCUT2D eigenvalue weighted by Crippen LogP contribution is -2.38. The van der Waals surface area contributed by atoms with E-state index in [0.717, 1.165) is 0 Å². The topological polar surface area (TPSA) is 12.5 Å². The fraction of sp³-hybridized carbons (Fsp3) is 1.00. The van der Waals surface area contributed by atoms with E-state index in [4.69, 9.17) is 4.74 Å². The van der Waals surface area contributed by atoms with Crippen LogP contribution in [0.25, 0.3) is 0 Å². The number of ether oxygens (including phenoxy) is 1. The Balaban J connectivity index is 2.51. The fourth-order valence-corrected chi connectivity index (χ4v) is 2.43. The Hall–Kier alpha value is -0.290. The second kappa shape index (κ2) is 5.57. The molecular formula is C12H22F3NO. The van der Waals surface area contributed by atoms with Gasteiger partial charge in [-0.2, -0.15) is 13.2 Å². The molecule has 2 nitrogen and oxygen atoms in total. The molecule has 102 valence electrons. The second-order valence-electron chi connectivity index (χ2n) is 5.39. The molecule has 0 saturated carbocycles. The molecule has 2 atom stereocenters. The Bertz CT molecular complexity index is 224. The molecule has 1 saturated heterocycles.